The number of hydrogen-bond donors (Lipinski definition) is 2. The van der Waals surface area contributed by atoms with E-state index in [1.54, 1.807) is 11.9 Å². The van der Waals surface area contributed by atoms with Crippen molar-refractivity contribution < 1.29 is 14.7 Å². The number of hydrogen-bond acceptors (Lipinski definition) is 5. The Morgan fingerprint density at radius 3 is 2.78 bits per heavy atom. The van der Waals surface area contributed by atoms with Crippen molar-refractivity contribution in [2.45, 2.75) is 13.3 Å². The summed E-state index contributed by atoms with van der Waals surface area (Å²) in [5, 5.41) is 11.5. The van der Waals surface area contributed by atoms with Gasteiger partial charge >= 0.3 is 5.97 Å². The Morgan fingerprint density at radius 1 is 1.44 bits per heavy atom. The minimum absolute atomic E-state index is 0.109. The molecular formula is C11H16N4O3. The number of aromatic nitrogens is 2. The topological polar surface area (TPSA) is 95.4 Å². The summed E-state index contributed by atoms with van der Waals surface area (Å²) in [6.45, 7) is 2.69. The first-order chi connectivity index (χ1) is 8.54. The van der Waals surface area contributed by atoms with Crippen molar-refractivity contribution in [1.82, 2.24) is 15.3 Å². The minimum atomic E-state index is -1.15. The van der Waals surface area contributed by atoms with E-state index in [1.807, 2.05) is 6.92 Å². The number of carboxylic acid groups (broad SMARTS) is 1. The normalized spacial score (nSPS) is 9.89. The van der Waals surface area contributed by atoms with Crippen LogP contribution < -0.4 is 10.2 Å². The molecule has 0 atom stereocenters. The third-order valence-corrected chi connectivity index (χ3v) is 2.18. The van der Waals surface area contributed by atoms with Crippen molar-refractivity contribution in [3.05, 3.63) is 18.1 Å². The van der Waals surface area contributed by atoms with Crippen LogP contribution in [0.15, 0.2) is 12.4 Å². The summed E-state index contributed by atoms with van der Waals surface area (Å²) in [5.74, 6) is -0.934. The average molecular weight is 252 g/mol. The number of amides is 1. The third kappa shape index (κ3) is 4.00. The summed E-state index contributed by atoms with van der Waals surface area (Å²) in [6.07, 6.45) is 3.44. The van der Waals surface area contributed by atoms with Gasteiger partial charge < -0.3 is 15.3 Å². The smallest absolute Gasteiger partial charge is 0.356 e. The summed E-state index contributed by atoms with van der Waals surface area (Å²) in [5.41, 5.74) is -0.145. The second kappa shape index (κ2) is 6.53. The highest BCUT2D eigenvalue weighted by atomic mass is 16.4. The van der Waals surface area contributed by atoms with Gasteiger partial charge in [-0.3, -0.25) is 9.78 Å². The highest BCUT2D eigenvalue weighted by Crippen LogP contribution is 2.07. The van der Waals surface area contributed by atoms with E-state index >= 15 is 0 Å². The van der Waals surface area contributed by atoms with E-state index in [0.29, 0.717) is 12.4 Å². The molecule has 0 aliphatic heterocycles. The molecule has 1 heterocycles. The van der Waals surface area contributed by atoms with Crippen molar-refractivity contribution in [3.63, 3.8) is 0 Å². The van der Waals surface area contributed by atoms with Gasteiger partial charge in [0.1, 0.15) is 5.82 Å². The molecule has 0 aliphatic carbocycles. The maximum Gasteiger partial charge on any atom is 0.356 e. The molecule has 0 unspecified atom stereocenters. The van der Waals surface area contributed by atoms with Crippen LogP contribution in [0.2, 0.25) is 0 Å². The van der Waals surface area contributed by atoms with Crippen molar-refractivity contribution in [2.24, 2.45) is 0 Å². The van der Waals surface area contributed by atoms with E-state index in [2.05, 4.69) is 15.3 Å². The number of likely N-dealkylation sites (N-methyl/N-ethyl adjacent to an activating group) is 1. The fraction of sp³-hybridized carbons (Fsp3) is 0.455. The number of nitrogens with zero attached hydrogens (tertiary/aromatic N) is 3. The number of nitrogens with one attached hydrogen (secondary N) is 1. The molecule has 7 heteroatoms. The van der Waals surface area contributed by atoms with Gasteiger partial charge in [0.25, 0.3) is 0 Å². The maximum absolute atomic E-state index is 11.5. The van der Waals surface area contributed by atoms with Gasteiger partial charge in [0.05, 0.1) is 18.9 Å². The highest BCUT2D eigenvalue weighted by Gasteiger charge is 2.11. The molecule has 2 N–H and O–H groups in total. The minimum Gasteiger partial charge on any atom is -0.476 e. The molecular weight excluding hydrogens is 236 g/mol. The van der Waals surface area contributed by atoms with E-state index in [4.69, 9.17) is 5.11 Å². The molecule has 1 amide bonds. The standard InChI is InChI=1S/C11H16N4O3/c1-3-4-13-10(16)7-15(2)9-6-12-5-8(14-9)11(17)18/h5-6H,3-4,7H2,1-2H3,(H,13,16)(H,17,18). The van der Waals surface area contributed by atoms with Crippen LogP contribution in [0.1, 0.15) is 23.8 Å². The Kier molecular flexibility index (Phi) is 5.04. The Labute approximate surface area is 105 Å². The molecule has 1 aromatic rings. The summed E-state index contributed by atoms with van der Waals surface area (Å²) >= 11 is 0. The second-order valence-electron chi connectivity index (χ2n) is 3.77. The number of rotatable bonds is 6. The second-order valence-corrected chi connectivity index (χ2v) is 3.77. The van der Waals surface area contributed by atoms with E-state index in [1.165, 1.54) is 6.20 Å². The zero-order valence-corrected chi connectivity index (χ0v) is 10.4. The van der Waals surface area contributed by atoms with Crippen molar-refractivity contribution in [1.29, 1.82) is 0 Å². The lowest BCUT2D eigenvalue weighted by Gasteiger charge is -2.17. The first-order valence-corrected chi connectivity index (χ1v) is 5.57. The Morgan fingerprint density at radius 2 is 2.17 bits per heavy atom. The van der Waals surface area contributed by atoms with Crippen LogP contribution in [-0.2, 0) is 4.79 Å². The van der Waals surface area contributed by atoms with Crippen LogP contribution in [0.25, 0.3) is 0 Å². The van der Waals surface area contributed by atoms with Gasteiger partial charge in [-0.2, -0.15) is 0 Å². The van der Waals surface area contributed by atoms with Gasteiger partial charge in [-0.1, -0.05) is 6.92 Å². The van der Waals surface area contributed by atoms with Gasteiger partial charge in [-0.25, -0.2) is 9.78 Å². The number of carbonyl (C=O) groups excluding carboxylic acids is 1. The molecule has 1 aromatic heterocycles. The lowest BCUT2D eigenvalue weighted by molar-refractivity contribution is -0.119. The van der Waals surface area contributed by atoms with Crippen molar-refractivity contribution in [2.75, 3.05) is 25.0 Å². The third-order valence-electron chi connectivity index (χ3n) is 2.18. The van der Waals surface area contributed by atoms with Gasteiger partial charge in [-0.15, -0.1) is 0 Å². The average Bonchev–Trinajstić information content (AvgIpc) is 2.36. The van der Waals surface area contributed by atoms with E-state index in [0.717, 1.165) is 12.6 Å². The fourth-order valence-corrected chi connectivity index (χ4v) is 1.26. The molecule has 1 rings (SSSR count). The van der Waals surface area contributed by atoms with Crippen LogP contribution in [0.4, 0.5) is 5.82 Å². The van der Waals surface area contributed by atoms with Crippen molar-refractivity contribution >= 4 is 17.7 Å². The van der Waals surface area contributed by atoms with Gasteiger partial charge in [0, 0.05) is 13.6 Å². The fourth-order valence-electron chi connectivity index (χ4n) is 1.26. The van der Waals surface area contributed by atoms with Gasteiger partial charge in [0.2, 0.25) is 5.91 Å². The highest BCUT2D eigenvalue weighted by molar-refractivity contribution is 5.85. The van der Waals surface area contributed by atoms with Gasteiger partial charge in [0.15, 0.2) is 5.69 Å². The van der Waals surface area contributed by atoms with Crippen molar-refractivity contribution in [3.8, 4) is 0 Å². The van der Waals surface area contributed by atoms with E-state index in [9.17, 15) is 9.59 Å². The summed E-state index contributed by atoms with van der Waals surface area (Å²) in [7, 11) is 1.65. The molecule has 0 aromatic carbocycles. The Bertz CT molecular complexity index is 436. The molecule has 0 aliphatic rings. The van der Waals surface area contributed by atoms with Crippen LogP contribution in [0, 0.1) is 0 Å². The summed E-state index contributed by atoms with van der Waals surface area (Å²) in [6, 6.07) is 0. The molecule has 7 nitrogen and oxygen atoms in total. The van der Waals surface area contributed by atoms with E-state index < -0.39 is 5.97 Å². The first kappa shape index (κ1) is 13.9. The molecule has 0 bridgehead atoms. The monoisotopic (exact) mass is 252 g/mol. The predicted octanol–water partition coefficient (Wildman–Crippen LogP) is 0.137. The number of aromatic carboxylic acids is 1. The number of anilines is 1. The van der Waals surface area contributed by atoms with Crippen LogP contribution in [0.5, 0.6) is 0 Å². The van der Waals surface area contributed by atoms with Crippen LogP contribution >= 0.6 is 0 Å². The number of carboxylic acids is 1. The largest absolute Gasteiger partial charge is 0.476 e. The Hall–Kier alpha value is -2.18. The predicted molar refractivity (Wildman–Crippen MR) is 65.6 cm³/mol. The summed E-state index contributed by atoms with van der Waals surface area (Å²) in [4.78, 5) is 31.4. The van der Waals surface area contributed by atoms with Crippen LogP contribution in [0.3, 0.4) is 0 Å². The SMILES string of the molecule is CCCNC(=O)CN(C)c1cncc(C(=O)O)n1. The maximum atomic E-state index is 11.5. The van der Waals surface area contributed by atoms with Gasteiger partial charge in [-0.05, 0) is 6.42 Å². The zero-order chi connectivity index (χ0) is 13.5. The molecule has 0 radical (unpaired) electrons. The molecule has 18 heavy (non-hydrogen) atoms. The lowest BCUT2D eigenvalue weighted by atomic mass is 10.4. The molecule has 0 saturated heterocycles. The first-order valence-electron chi connectivity index (χ1n) is 5.57. The number of carbonyl (C=O) groups is 2. The summed E-state index contributed by atoms with van der Waals surface area (Å²) < 4.78 is 0. The lowest BCUT2D eigenvalue weighted by Crippen LogP contribution is -2.36. The molecule has 98 valence electrons. The van der Waals surface area contributed by atoms with Crippen LogP contribution in [-0.4, -0.2) is 47.1 Å². The Balaban J connectivity index is 2.66. The quantitative estimate of drug-likeness (QED) is 0.747. The zero-order valence-electron chi connectivity index (χ0n) is 10.4. The van der Waals surface area contributed by atoms with E-state index in [-0.39, 0.29) is 18.1 Å². The molecule has 0 fully saturated rings. The molecule has 0 saturated carbocycles. The molecule has 0 spiro atoms.